The molecule has 0 saturated carbocycles. The summed E-state index contributed by atoms with van der Waals surface area (Å²) in [5.74, 6) is 0.785. The SMILES string of the molecule is COc1cccc(OC)c1C(N)c1ccc(F)cc1Cl. The van der Waals surface area contributed by atoms with Gasteiger partial charge in [0.1, 0.15) is 17.3 Å². The maximum absolute atomic E-state index is 13.1. The van der Waals surface area contributed by atoms with Crippen molar-refractivity contribution in [3.63, 3.8) is 0 Å². The number of methoxy groups -OCH3 is 2. The summed E-state index contributed by atoms with van der Waals surface area (Å²) in [7, 11) is 3.11. The van der Waals surface area contributed by atoms with Crippen LogP contribution in [0.1, 0.15) is 17.2 Å². The van der Waals surface area contributed by atoms with E-state index in [0.29, 0.717) is 22.6 Å². The first kappa shape index (κ1) is 14.6. The lowest BCUT2D eigenvalue weighted by Crippen LogP contribution is -2.15. The molecule has 0 heterocycles. The van der Waals surface area contributed by atoms with Crippen molar-refractivity contribution in [3.05, 3.63) is 58.4 Å². The van der Waals surface area contributed by atoms with E-state index in [0.717, 1.165) is 0 Å². The molecule has 1 atom stereocenters. The van der Waals surface area contributed by atoms with Gasteiger partial charge < -0.3 is 15.2 Å². The molecule has 0 fully saturated rings. The maximum atomic E-state index is 13.1. The molecular formula is C15H15ClFNO2. The first-order valence-electron chi connectivity index (χ1n) is 6.00. The summed E-state index contributed by atoms with van der Waals surface area (Å²) in [6, 6.07) is 8.93. The predicted octanol–water partition coefficient (Wildman–Crippen LogP) is 3.54. The Morgan fingerprint density at radius 3 is 2.20 bits per heavy atom. The van der Waals surface area contributed by atoms with E-state index in [2.05, 4.69) is 0 Å². The fourth-order valence-electron chi connectivity index (χ4n) is 2.10. The van der Waals surface area contributed by atoms with Crippen LogP contribution in [0.3, 0.4) is 0 Å². The summed E-state index contributed by atoms with van der Waals surface area (Å²) >= 11 is 6.06. The Morgan fingerprint density at radius 2 is 1.70 bits per heavy atom. The first-order valence-corrected chi connectivity index (χ1v) is 6.37. The summed E-state index contributed by atoms with van der Waals surface area (Å²) in [5, 5.41) is 0.269. The molecule has 5 heteroatoms. The largest absolute Gasteiger partial charge is 0.496 e. The van der Waals surface area contributed by atoms with Gasteiger partial charge in [-0.05, 0) is 29.8 Å². The summed E-state index contributed by atoms with van der Waals surface area (Å²) in [6.07, 6.45) is 0. The van der Waals surface area contributed by atoms with Crippen molar-refractivity contribution < 1.29 is 13.9 Å². The number of benzene rings is 2. The molecule has 1 unspecified atom stereocenters. The molecule has 0 aromatic heterocycles. The van der Waals surface area contributed by atoms with Crippen LogP contribution in [-0.2, 0) is 0 Å². The number of hydrogen-bond acceptors (Lipinski definition) is 3. The van der Waals surface area contributed by atoms with E-state index < -0.39 is 11.9 Å². The zero-order valence-corrected chi connectivity index (χ0v) is 11.9. The molecule has 2 aromatic rings. The highest BCUT2D eigenvalue weighted by molar-refractivity contribution is 6.31. The van der Waals surface area contributed by atoms with E-state index in [1.165, 1.54) is 12.1 Å². The topological polar surface area (TPSA) is 44.5 Å². The fourth-order valence-corrected chi connectivity index (χ4v) is 2.38. The number of ether oxygens (including phenoxy) is 2. The highest BCUT2D eigenvalue weighted by atomic mass is 35.5. The average molecular weight is 296 g/mol. The number of rotatable bonds is 4. The standard InChI is InChI=1S/C15H15ClFNO2/c1-19-12-4-3-5-13(20-2)14(12)15(18)10-7-6-9(17)8-11(10)16/h3-8,15H,18H2,1-2H3. The second kappa shape index (κ2) is 6.11. The predicted molar refractivity (Wildman–Crippen MR) is 77.0 cm³/mol. The highest BCUT2D eigenvalue weighted by Gasteiger charge is 2.21. The highest BCUT2D eigenvalue weighted by Crippen LogP contribution is 2.38. The second-order valence-electron chi connectivity index (χ2n) is 4.22. The molecule has 2 aromatic carbocycles. The van der Waals surface area contributed by atoms with Crippen molar-refractivity contribution in [2.24, 2.45) is 5.73 Å². The minimum absolute atomic E-state index is 0.269. The van der Waals surface area contributed by atoms with Crippen LogP contribution in [0.25, 0.3) is 0 Å². The minimum Gasteiger partial charge on any atom is -0.496 e. The van der Waals surface area contributed by atoms with Gasteiger partial charge in [0.2, 0.25) is 0 Å². The molecule has 0 amide bonds. The zero-order chi connectivity index (χ0) is 14.7. The van der Waals surface area contributed by atoms with Gasteiger partial charge in [-0.3, -0.25) is 0 Å². The molecule has 0 aliphatic rings. The lowest BCUT2D eigenvalue weighted by Gasteiger charge is -2.20. The van der Waals surface area contributed by atoms with Gasteiger partial charge in [0.15, 0.2) is 0 Å². The first-order chi connectivity index (χ1) is 9.58. The van der Waals surface area contributed by atoms with Crippen molar-refractivity contribution in [1.29, 1.82) is 0 Å². The Labute approximate surface area is 122 Å². The molecule has 0 radical (unpaired) electrons. The van der Waals surface area contributed by atoms with Gasteiger partial charge in [0.25, 0.3) is 0 Å². The van der Waals surface area contributed by atoms with Crippen molar-refractivity contribution in [1.82, 2.24) is 0 Å². The monoisotopic (exact) mass is 295 g/mol. The zero-order valence-electron chi connectivity index (χ0n) is 11.2. The summed E-state index contributed by atoms with van der Waals surface area (Å²) < 4.78 is 23.8. The second-order valence-corrected chi connectivity index (χ2v) is 4.63. The summed E-state index contributed by atoms with van der Waals surface area (Å²) in [6.45, 7) is 0. The van der Waals surface area contributed by atoms with Crippen molar-refractivity contribution >= 4 is 11.6 Å². The van der Waals surface area contributed by atoms with Gasteiger partial charge in [-0.2, -0.15) is 0 Å². The Kier molecular flexibility index (Phi) is 4.47. The smallest absolute Gasteiger partial charge is 0.127 e. The molecule has 2 rings (SSSR count). The van der Waals surface area contributed by atoms with Gasteiger partial charge in [0, 0.05) is 5.02 Å². The Bertz CT molecular complexity index is 597. The molecule has 0 bridgehead atoms. The third kappa shape index (κ3) is 2.71. The lowest BCUT2D eigenvalue weighted by atomic mass is 9.97. The normalized spacial score (nSPS) is 12.1. The van der Waals surface area contributed by atoms with Gasteiger partial charge in [0.05, 0.1) is 25.8 Å². The summed E-state index contributed by atoms with van der Waals surface area (Å²) in [5.41, 5.74) is 7.53. The molecule has 3 nitrogen and oxygen atoms in total. The van der Waals surface area contributed by atoms with Crippen LogP contribution in [0.15, 0.2) is 36.4 Å². The van der Waals surface area contributed by atoms with Gasteiger partial charge in [-0.15, -0.1) is 0 Å². The number of hydrogen-bond donors (Lipinski definition) is 1. The van der Waals surface area contributed by atoms with E-state index in [-0.39, 0.29) is 5.02 Å². The molecule has 0 spiro atoms. The van der Waals surface area contributed by atoms with Gasteiger partial charge in [-0.1, -0.05) is 23.7 Å². The van der Waals surface area contributed by atoms with Crippen LogP contribution < -0.4 is 15.2 Å². The number of halogens is 2. The van der Waals surface area contributed by atoms with Crippen molar-refractivity contribution in [2.75, 3.05) is 14.2 Å². The van der Waals surface area contributed by atoms with Crippen LogP contribution in [0, 0.1) is 5.82 Å². The molecule has 106 valence electrons. The Hall–Kier alpha value is -1.78. The third-order valence-corrected chi connectivity index (χ3v) is 3.40. The third-order valence-electron chi connectivity index (χ3n) is 3.07. The molecule has 0 aliphatic heterocycles. The Morgan fingerprint density at radius 1 is 1.10 bits per heavy atom. The van der Waals surface area contributed by atoms with Gasteiger partial charge >= 0.3 is 0 Å². The van der Waals surface area contributed by atoms with Crippen LogP contribution in [0.2, 0.25) is 5.02 Å². The summed E-state index contributed by atoms with van der Waals surface area (Å²) in [4.78, 5) is 0. The maximum Gasteiger partial charge on any atom is 0.127 e. The van der Waals surface area contributed by atoms with Crippen LogP contribution in [0.5, 0.6) is 11.5 Å². The molecule has 0 saturated heterocycles. The molecule has 2 N–H and O–H groups in total. The fraction of sp³-hybridized carbons (Fsp3) is 0.200. The quantitative estimate of drug-likeness (QED) is 0.938. The van der Waals surface area contributed by atoms with E-state index in [1.54, 1.807) is 38.5 Å². The van der Waals surface area contributed by atoms with Crippen LogP contribution in [0.4, 0.5) is 4.39 Å². The van der Waals surface area contributed by atoms with Crippen molar-refractivity contribution in [2.45, 2.75) is 6.04 Å². The van der Waals surface area contributed by atoms with E-state index in [1.807, 2.05) is 0 Å². The average Bonchev–Trinajstić information content (AvgIpc) is 2.45. The number of nitrogens with two attached hydrogens (primary N) is 1. The van der Waals surface area contributed by atoms with Crippen molar-refractivity contribution in [3.8, 4) is 11.5 Å². The molecular weight excluding hydrogens is 281 g/mol. The molecule has 0 aliphatic carbocycles. The van der Waals surface area contributed by atoms with E-state index in [4.69, 9.17) is 26.8 Å². The minimum atomic E-state index is -0.575. The van der Waals surface area contributed by atoms with Gasteiger partial charge in [-0.25, -0.2) is 4.39 Å². The van der Waals surface area contributed by atoms with Crippen LogP contribution in [-0.4, -0.2) is 14.2 Å². The van der Waals surface area contributed by atoms with Crippen LogP contribution >= 0.6 is 11.6 Å². The molecule has 20 heavy (non-hydrogen) atoms. The Balaban J connectivity index is 2.55. The van der Waals surface area contributed by atoms with E-state index >= 15 is 0 Å². The lowest BCUT2D eigenvalue weighted by molar-refractivity contribution is 0.382. The van der Waals surface area contributed by atoms with E-state index in [9.17, 15) is 4.39 Å².